The van der Waals surface area contributed by atoms with Crippen molar-refractivity contribution in [3.05, 3.63) is 24.5 Å². The third kappa shape index (κ3) is 2.53. The van der Waals surface area contributed by atoms with Crippen molar-refractivity contribution in [2.45, 2.75) is 38.3 Å². The molecule has 1 aliphatic carbocycles. The van der Waals surface area contributed by atoms with Gasteiger partial charge in [-0.05, 0) is 12.8 Å². The quantitative estimate of drug-likeness (QED) is 0.880. The Hall–Kier alpha value is -1.82. The Kier molecular flexibility index (Phi) is 3.27. The normalized spacial score (nSPS) is 16.2. The van der Waals surface area contributed by atoms with E-state index >= 15 is 0 Å². The lowest BCUT2D eigenvalue weighted by Crippen LogP contribution is -2.25. The summed E-state index contributed by atoms with van der Waals surface area (Å²) in [5, 5.41) is 7.33. The number of nitrogens with zero attached hydrogens (tertiary/aromatic N) is 4. The molecule has 1 saturated carbocycles. The van der Waals surface area contributed by atoms with Crippen molar-refractivity contribution in [3.63, 3.8) is 0 Å². The lowest BCUT2D eigenvalue weighted by Gasteiger charge is -2.08. The first-order chi connectivity index (χ1) is 8.92. The maximum absolute atomic E-state index is 5.19. The largest absolute Gasteiger partial charge is 0.337 e. The van der Waals surface area contributed by atoms with Crippen LogP contribution in [0.25, 0.3) is 11.5 Å². The van der Waals surface area contributed by atoms with Crippen LogP contribution in [0, 0.1) is 0 Å². The average Bonchev–Trinajstić information content (AvgIpc) is 3.09. The number of nitrogens with one attached hydrogen (secondary N) is 1. The van der Waals surface area contributed by atoms with Crippen LogP contribution >= 0.6 is 0 Å². The van der Waals surface area contributed by atoms with E-state index in [9.17, 15) is 0 Å². The summed E-state index contributed by atoms with van der Waals surface area (Å²) in [4.78, 5) is 12.4. The molecule has 1 aliphatic rings. The topological polar surface area (TPSA) is 76.7 Å². The molecular formula is C12H15N5O. The van der Waals surface area contributed by atoms with Crippen LogP contribution in [0.1, 0.15) is 31.6 Å². The Labute approximate surface area is 105 Å². The second-order valence-corrected chi connectivity index (χ2v) is 4.46. The molecule has 0 aromatic carbocycles. The predicted molar refractivity (Wildman–Crippen MR) is 64.4 cm³/mol. The van der Waals surface area contributed by atoms with Gasteiger partial charge < -0.3 is 9.84 Å². The Bertz CT molecular complexity index is 492. The molecule has 0 radical (unpaired) electrons. The molecule has 0 bridgehead atoms. The molecule has 0 amide bonds. The van der Waals surface area contributed by atoms with Gasteiger partial charge in [0.25, 0.3) is 0 Å². The van der Waals surface area contributed by atoms with Crippen molar-refractivity contribution in [1.29, 1.82) is 0 Å². The predicted octanol–water partition coefficient (Wildman–Crippen LogP) is 1.56. The van der Waals surface area contributed by atoms with E-state index in [-0.39, 0.29) is 0 Å². The molecule has 2 aromatic heterocycles. The monoisotopic (exact) mass is 245 g/mol. The molecule has 0 unspecified atom stereocenters. The lowest BCUT2D eigenvalue weighted by molar-refractivity contribution is 0.357. The lowest BCUT2D eigenvalue weighted by atomic mass is 10.2. The molecule has 1 fully saturated rings. The minimum Gasteiger partial charge on any atom is -0.337 e. The zero-order valence-electron chi connectivity index (χ0n) is 10.0. The van der Waals surface area contributed by atoms with E-state index in [1.165, 1.54) is 25.7 Å². The van der Waals surface area contributed by atoms with E-state index in [4.69, 9.17) is 4.52 Å². The van der Waals surface area contributed by atoms with Gasteiger partial charge in [-0.3, -0.25) is 4.98 Å². The van der Waals surface area contributed by atoms with Gasteiger partial charge in [0.05, 0.1) is 12.7 Å². The van der Waals surface area contributed by atoms with E-state index < -0.39 is 0 Å². The van der Waals surface area contributed by atoms with Gasteiger partial charge in [-0.15, -0.1) is 0 Å². The van der Waals surface area contributed by atoms with E-state index in [0.717, 1.165) is 0 Å². The summed E-state index contributed by atoms with van der Waals surface area (Å²) in [6.45, 7) is 0.623. The Balaban J connectivity index is 1.63. The van der Waals surface area contributed by atoms with Crippen LogP contribution in [-0.2, 0) is 6.54 Å². The van der Waals surface area contributed by atoms with E-state index in [2.05, 4.69) is 25.4 Å². The zero-order chi connectivity index (χ0) is 12.2. The standard InChI is InChI=1S/C12H15N5O/c1-2-4-9(3-1)15-8-11-16-12(17-18-11)10-7-13-5-6-14-10/h5-7,9,15H,1-4,8H2. The highest BCUT2D eigenvalue weighted by Gasteiger charge is 2.16. The van der Waals surface area contributed by atoms with Gasteiger partial charge in [0.1, 0.15) is 5.69 Å². The fourth-order valence-corrected chi connectivity index (χ4v) is 2.21. The minimum absolute atomic E-state index is 0.492. The van der Waals surface area contributed by atoms with Crippen molar-refractivity contribution in [3.8, 4) is 11.5 Å². The molecule has 18 heavy (non-hydrogen) atoms. The molecule has 6 nitrogen and oxygen atoms in total. The van der Waals surface area contributed by atoms with E-state index in [0.29, 0.717) is 30.0 Å². The van der Waals surface area contributed by atoms with E-state index in [1.807, 2.05) is 0 Å². The third-order valence-electron chi connectivity index (χ3n) is 3.16. The summed E-state index contributed by atoms with van der Waals surface area (Å²) in [5.41, 5.74) is 0.633. The van der Waals surface area contributed by atoms with Crippen LogP contribution in [0.15, 0.2) is 23.1 Å². The fraction of sp³-hybridized carbons (Fsp3) is 0.500. The maximum atomic E-state index is 5.19. The molecule has 0 atom stereocenters. The van der Waals surface area contributed by atoms with Gasteiger partial charge in [0.15, 0.2) is 0 Å². The van der Waals surface area contributed by atoms with Crippen LogP contribution in [0.4, 0.5) is 0 Å². The van der Waals surface area contributed by atoms with Gasteiger partial charge in [-0.1, -0.05) is 18.0 Å². The maximum Gasteiger partial charge on any atom is 0.240 e. The van der Waals surface area contributed by atoms with Crippen LogP contribution < -0.4 is 5.32 Å². The molecule has 2 heterocycles. The second kappa shape index (κ2) is 5.22. The molecule has 94 valence electrons. The van der Waals surface area contributed by atoms with E-state index in [1.54, 1.807) is 18.6 Å². The van der Waals surface area contributed by atoms with Crippen LogP contribution in [-0.4, -0.2) is 26.2 Å². The first-order valence-electron chi connectivity index (χ1n) is 6.24. The minimum atomic E-state index is 0.492. The van der Waals surface area contributed by atoms with Gasteiger partial charge >= 0.3 is 0 Å². The molecule has 3 rings (SSSR count). The number of rotatable bonds is 4. The third-order valence-corrected chi connectivity index (χ3v) is 3.16. The molecule has 0 spiro atoms. The SMILES string of the molecule is c1cnc(-c2noc(CNC3CCCC3)n2)cn1. The highest BCUT2D eigenvalue weighted by atomic mass is 16.5. The molecule has 2 aromatic rings. The van der Waals surface area contributed by atoms with Crippen LogP contribution in [0.3, 0.4) is 0 Å². The Morgan fingerprint density at radius 3 is 2.94 bits per heavy atom. The summed E-state index contributed by atoms with van der Waals surface area (Å²) in [6, 6.07) is 0.594. The van der Waals surface area contributed by atoms with Crippen molar-refractivity contribution >= 4 is 0 Å². The molecular weight excluding hydrogens is 230 g/mol. The van der Waals surface area contributed by atoms with Crippen LogP contribution in [0.5, 0.6) is 0 Å². The van der Waals surface area contributed by atoms with Crippen molar-refractivity contribution in [1.82, 2.24) is 25.4 Å². The number of hydrogen-bond donors (Lipinski definition) is 1. The highest BCUT2D eigenvalue weighted by Crippen LogP contribution is 2.18. The number of hydrogen-bond acceptors (Lipinski definition) is 6. The van der Waals surface area contributed by atoms with Crippen molar-refractivity contribution < 1.29 is 4.52 Å². The van der Waals surface area contributed by atoms with Crippen molar-refractivity contribution in [2.24, 2.45) is 0 Å². The summed E-state index contributed by atoms with van der Waals surface area (Å²) < 4.78 is 5.19. The zero-order valence-corrected chi connectivity index (χ0v) is 10.0. The van der Waals surface area contributed by atoms with Gasteiger partial charge in [-0.25, -0.2) is 4.98 Å². The van der Waals surface area contributed by atoms with Crippen molar-refractivity contribution in [2.75, 3.05) is 0 Å². The first kappa shape index (κ1) is 11.3. The molecule has 0 aliphatic heterocycles. The molecule has 6 heteroatoms. The summed E-state index contributed by atoms with van der Waals surface area (Å²) in [7, 11) is 0. The highest BCUT2D eigenvalue weighted by molar-refractivity contribution is 5.45. The summed E-state index contributed by atoms with van der Waals surface area (Å²) in [5.74, 6) is 1.09. The number of aromatic nitrogens is 4. The van der Waals surface area contributed by atoms with Gasteiger partial charge in [0.2, 0.25) is 11.7 Å². The molecule has 0 saturated heterocycles. The average molecular weight is 245 g/mol. The second-order valence-electron chi connectivity index (χ2n) is 4.46. The Morgan fingerprint density at radius 1 is 1.28 bits per heavy atom. The first-order valence-corrected chi connectivity index (χ1v) is 6.24. The summed E-state index contributed by atoms with van der Waals surface area (Å²) >= 11 is 0. The van der Waals surface area contributed by atoms with Gasteiger partial charge in [-0.2, -0.15) is 4.98 Å². The molecule has 1 N–H and O–H groups in total. The Morgan fingerprint density at radius 2 is 2.17 bits per heavy atom. The van der Waals surface area contributed by atoms with Gasteiger partial charge in [0, 0.05) is 18.4 Å². The fourth-order valence-electron chi connectivity index (χ4n) is 2.21. The van der Waals surface area contributed by atoms with Crippen LogP contribution in [0.2, 0.25) is 0 Å². The summed E-state index contributed by atoms with van der Waals surface area (Å²) in [6.07, 6.45) is 9.96. The smallest absolute Gasteiger partial charge is 0.240 e.